The minimum atomic E-state index is -0.649. The van der Waals surface area contributed by atoms with E-state index < -0.39 is 5.91 Å². The molecule has 2 aromatic heterocycles. The zero-order chi connectivity index (χ0) is 17.1. The van der Waals surface area contributed by atoms with Gasteiger partial charge in [0.15, 0.2) is 0 Å². The van der Waals surface area contributed by atoms with Crippen molar-refractivity contribution in [2.45, 2.75) is 19.3 Å². The molecule has 6 nitrogen and oxygen atoms in total. The molecule has 3 aromatic rings. The van der Waals surface area contributed by atoms with Crippen LogP contribution in [0.4, 0.5) is 0 Å². The number of hydrogen-bond acceptors (Lipinski definition) is 4. The molecule has 2 heterocycles. The summed E-state index contributed by atoms with van der Waals surface area (Å²) in [5, 5.41) is 20.0. The van der Waals surface area contributed by atoms with Crippen molar-refractivity contribution in [2.24, 2.45) is 0 Å². The number of pyridine rings is 1. The highest BCUT2D eigenvalue weighted by molar-refractivity contribution is 6.30. The van der Waals surface area contributed by atoms with Crippen LogP contribution in [-0.4, -0.2) is 26.2 Å². The van der Waals surface area contributed by atoms with Crippen molar-refractivity contribution in [3.8, 4) is 5.75 Å². The van der Waals surface area contributed by atoms with Crippen LogP contribution in [0, 0.1) is 0 Å². The molecule has 0 fully saturated rings. The van der Waals surface area contributed by atoms with Crippen molar-refractivity contribution >= 4 is 28.4 Å². The molecule has 24 heavy (non-hydrogen) atoms. The van der Waals surface area contributed by atoms with Crippen LogP contribution in [0.5, 0.6) is 5.75 Å². The summed E-state index contributed by atoms with van der Waals surface area (Å²) in [6.45, 7) is 0. The van der Waals surface area contributed by atoms with E-state index in [4.69, 9.17) is 16.8 Å². The molecular formula is C17H16ClN3O3. The van der Waals surface area contributed by atoms with Gasteiger partial charge in [0.25, 0.3) is 5.91 Å². The number of carbonyl (C=O) groups is 1. The van der Waals surface area contributed by atoms with Gasteiger partial charge in [-0.15, -0.1) is 0 Å². The Balaban J connectivity index is 1.71. The van der Waals surface area contributed by atoms with E-state index in [2.05, 4.69) is 9.97 Å². The van der Waals surface area contributed by atoms with E-state index in [1.165, 1.54) is 0 Å². The van der Waals surface area contributed by atoms with Gasteiger partial charge in [0.05, 0.1) is 0 Å². The maximum atomic E-state index is 11.4. The highest BCUT2D eigenvalue weighted by atomic mass is 35.5. The van der Waals surface area contributed by atoms with Crippen molar-refractivity contribution in [1.29, 1.82) is 0 Å². The molecule has 0 spiro atoms. The van der Waals surface area contributed by atoms with E-state index in [1.54, 1.807) is 35.9 Å². The highest BCUT2D eigenvalue weighted by Crippen LogP contribution is 2.24. The van der Waals surface area contributed by atoms with Gasteiger partial charge in [-0.3, -0.25) is 15.0 Å². The first kappa shape index (κ1) is 16.3. The summed E-state index contributed by atoms with van der Waals surface area (Å²) in [5.74, 6) is -0.399. The average Bonchev–Trinajstić information content (AvgIpc) is 2.99. The lowest BCUT2D eigenvalue weighted by molar-refractivity contribution is 0.0701. The number of hydrogen-bond donors (Lipinski definition) is 4. The number of carbonyl (C=O) groups excluding carboxylic acids is 1. The van der Waals surface area contributed by atoms with Gasteiger partial charge in [0.2, 0.25) is 0 Å². The number of aromatic nitrogens is 2. The molecule has 0 aliphatic heterocycles. The second-order valence-corrected chi connectivity index (χ2v) is 5.93. The molecule has 0 saturated carbocycles. The number of aromatic hydroxyl groups is 1. The Hall–Kier alpha value is -2.57. The number of phenolic OH excluding ortho intramolecular Hbond substituents is 1. The third-order valence-corrected chi connectivity index (χ3v) is 4.15. The Morgan fingerprint density at radius 1 is 1.25 bits per heavy atom. The second-order valence-electron chi connectivity index (χ2n) is 5.50. The fourth-order valence-electron chi connectivity index (χ4n) is 2.69. The van der Waals surface area contributed by atoms with Crippen LogP contribution in [-0.2, 0) is 12.8 Å². The Bertz CT molecular complexity index is 892. The molecule has 7 heteroatoms. The minimum Gasteiger partial charge on any atom is -0.508 e. The van der Waals surface area contributed by atoms with Gasteiger partial charge in [-0.2, -0.15) is 0 Å². The van der Waals surface area contributed by atoms with Crippen LogP contribution >= 0.6 is 11.6 Å². The molecular weight excluding hydrogens is 330 g/mol. The number of rotatable bonds is 5. The number of fused-ring (bicyclic) bond motifs is 1. The van der Waals surface area contributed by atoms with E-state index in [9.17, 15) is 9.90 Å². The number of phenols is 1. The first-order chi connectivity index (χ1) is 11.6. The molecule has 0 unspecified atom stereocenters. The summed E-state index contributed by atoms with van der Waals surface area (Å²) in [4.78, 5) is 18.5. The number of nitrogens with zero attached hydrogens (tertiary/aromatic N) is 1. The lowest BCUT2D eigenvalue weighted by Gasteiger charge is -2.05. The highest BCUT2D eigenvalue weighted by Gasteiger charge is 2.10. The first-order valence-electron chi connectivity index (χ1n) is 7.46. The molecule has 124 valence electrons. The third-order valence-electron chi connectivity index (χ3n) is 3.92. The molecule has 0 saturated heterocycles. The van der Waals surface area contributed by atoms with Crippen molar-refractivity contribution in [3.63, 3.8) is 0 Å². The van der Waals surface area contributed by atoms with Gasteiger partial charge < -0.3 is 10.1 Å². The van der Waals surface area contributed by atoms with E-state index in [-0.39, 0.29) is 11.4 Å². The SMILES string of the molecule is O=C(NO)c1cc2[nH]cc(CCCc3cc(Cl)ccc3O)c2cn1. The van der Waals surface area contributed by atoms with E-state index in [0.29, 0.717) is 11.4 Å². The van der Waals surface area contributed by atoms with Crippen molar-refractivity contribution in [2.75, 3.05) is 0 Å². The quantitative estimate of drug-likeness (QED) is 0.421. The summed E-state index contributed by atoms with van der Waals surface area (Å²) < 4.78 is 0. The van der Waals surface area contributed by atoms with E-state index in [0.717, 1.165) is 34.9 Å². The number of H-pyrrole nitrogens is 1. The molecule has 0 atom stereocenters. The van der Waals surface area contributed by atoms with E-state index in [1.807, 2.05) is 6.20 Å². The minimum absolute atomic E-state index is 0.141. The molecule has 1 amide bonds. The maximum absolute atomic E-state index is 11.4. The number of benzene rings is 1. The maximum Gasteiger partial charge on any atom is 0.293 e. The van der Waals surface area contributed by atoms with Crippen molar-refractivity contribution < 1.29 is 15.1 Å². The molecule has 0 aliphatic rings. The van der Waals surface area contributed by atoms with Crippen LogP contribution < -0.4 is 5.48 Å². The summed E-state index contributed by atoms with van der Waals surface area (Å²) in [6, 6.07) is 6.62. The van der Waals surface area contributed by atoms with Gasteiger partial charge in [-0.25, -0.2) is 5.48 Å². The topological polar surface area (TPSA) is 98.2 Å². The van der Waals surface area contributed by atoms with Crippen LogP contribution in [0.2, 0.25) is 5.02 Å². The smallest absolute Gasteiger partial charge is 0.293 e. The standard InChI is InChI=1S/C17H16ClN3O3/c18-12-4-5-16(22)10(6-12)2-1-3-11-8-19-14-7-15(17(23)21-24)20-9-13(11)14/h4-9,19,22,24H,1-3H2,(H,21,23). The lowest BCUT2D eigenvalue weighted by atomic mass is 10.0. The van der Waals surface area contributed by atoms with Gasteiger partial charge in [-0.1, -0.05) is 11.6 Å². The number of hydroxylamine groups is 1. The predicted octanol–water partition coefficient (Wildman–Crippen LogP) is 3.22. The van der Waals surface area contributed by atoms with Crippen LogP contribution in [0.15, 0.2) is 36.7 Å². The van der Waals surface area contributed by atoms with Crippen LogP contribution in [0.25, 0.3) is 10.9 Å². The largest absolute Gasteiger partial charge is 0.508 e. The van der Waals surface area contributed by atoms with Crippen LogP contribution in [0.3, 0.4) is 0 Å². The van der Waals surface area contributed by atoms with Gasteiger partial charge >= 0.3 is 0 Å². The Kier molecular flexibility index (Phi) is 4.69. The third kappa shape index (κ3) is 3.34. The lowest BCUT2D eigenvalue weighted by Crippen LogP contribution is -2.19. The normalized spacial score (nSPS) is 10.9. The molecule has 0 aliphatic carbocycles. The van der Waals surface area contributed by atoms with Crippen molar-refractivity contribution in [1.82, 2.24) is 15.4 Å². The molecule has 4 N–H and O–H groups in total. The summed E-state index contributed by atoms with van der Waals surface area (Å²) in [5.41, 5.74) is 4.39. The fraction of sp³-hybridized carbons (Fsp3) is 0.176. The fourth-order valence-corrected chi connectivity index (χ4v) is 2.88. The van der Waals surface area contributed by atoms with E-state index >= 15 is 0 Å². The molecule has 0 radical (unpaired) electrons. The molecule has 0 bridgehead atoms. The zero-order valence-corrected chi connectivity index (χ0v) is 13.5. The second kappa shape index (κ2) is 6.90. The predicted molar refractivity (Wildman–Crippen MR) is 90.5 cm³/mol. The Morgan fingerprint density at radius 2 is 2.04 bits per heavy atom. The number of nitrogens with one attached hydrogen (secondary N) is 2. The van der Waals surface area contributed by atoms with Gasteiger partial charge in [-0.05, 0) is 54.7 Å². The molecule has 1 aromatic carbocycles. The zero-order valence-electron chi connectivity index (χ0n) is 12.7. The Morgan fingerprint density at radius 3 is 2.83 bits per heavy atom. The van der Waals surface area contributed by atoms with Gasteiger partial charge in [0, 0.05) is 28.3 Å². The van der Waals surface area contributed by atoms with Crippen LogP contribution in [0.1, 0.15) is 28.0 Å². The monoisotopic (exact) mass is 345 g/mol. The summed E-state index contributed by atoms with van der Waals surface area (Å²) in [7, 11) is 0. The Labute approximate surface area is 143 Å². The van der Waals surface area contributed by atoms with Crippen molar-refractivity contribution in [3.05, 3.63) is 58.5 Å². The van der Waals surface area contributed by atoms with Gasteiger partial charge in [0.1, 0.15) is 11.4 Å². The number of amides is 1. The number of halogens is 1. The molecule has 3 rings (SSSR count). The first-order valence-corrected chi connectivity index (χ1v) is 7.84. The summed E-state index contributed by atoms with van der Waals surface area (Å²) >= 11 is 5.95. The average molecular weight is 346 g/mol. The number of aryl methyl sites for hydroxylation is 2. The summed E-state index contributed by atoms with van der Waals surface area (Å²) in [6.07, 6.45) is 5.82. The number of aromatic amines is 1.